The minimum atomic E-state index is 0.328. The molecule has 0 fully saturated rings. The minimum absolute atomic E-state index is 0.328. The number of benzene rings is 1. The highest BCUT2D eigenvalue weighted by molar-refractivity contribution is 5.43. The van der Waals surface area contributed by atoms with Gasteiger partial charge >= 0.3 is 0 Å². The summed E-state index contributed by atoms with van der Waals surface area (Å²) in [5, 5.41) is 8.04. The second kappa shape index (κ2) is 4.33. The average Bonchev–Trinajstić information content (AvgIpc) is 2.80. The van der Waals surface area contributed by atoms with Gasteiger partial charge in [-0.05, 0) is 12.1 Å². The molecule has 0 aliphatic rings. The van der Waals surface area contributed by atoms with E-state index in [9.17, 15) is 0 Å². The van der Waals surface area contributed by atoms with Crippen LogP contribution in [0.25, 0.3) is 5.65 Å². The lowest BCUT2D eigenvalue weighted by Crippen LogP contribution is -2.01. The molecule has 0 atom stereocenters. The molecule has 0 aliphatic heterocycles. The number of fused-ring (bicyclic) bond motifs is 1. The van der Waals surface area contributed by atoms with E-state index < -0.39 is 0 Å². The fourth-order valence-corrected chi connectivity index (χ4v) is 1.65. The maximum atomic E-state index is 5.68. The monoisotopic (exact) mass is 241 g/mol. The second-order valence-electron chi connectivity index (χ2n) is 3.78. The predicted molar refractivity (Wildman–Crippen MR) is 66.0 cm³/mol. The van der Waals surface area contributed by atoms with Crippen LogP contribution in [-0.2, 0) is 6.61 Å². The van der Waals surface area contributed by atoms with Crippen LogP contribution in [0.4, 0.5) is 5.69 Å². The smallest absolute Gasteiger partial charge is 0.179 e. The first-order valence-electron chi connectivity index (χ1n) is 5.45. The zero-order chi connectivity index (χ0) is 12.4. The van der Waals surface area contributed by atoms with Crippen molar-refractivity contribution in [2.24, 2.45) is 0 Å². The van der Waals surface area contributed by atoms with Gasteiger partial charge in [0.15, 0.2) is 11.5 Å². The average molecular weight is 241 g/mol. The summed E-state index contributed by atoms with van der Waals surface area (Å²) >= 11 is 0. The molecular formula is C12H11N5O. The number of nitrogens with two attached hydrogens (primary N) is 1. The summed E-state index contributed by atoms with van der Waals surface area (Å²) in [7, 11) is 0. The summed E-state index contributed by atoms with van der Waals surface area (Å²) in [5.41, 5.74) is 7.04. The Hall–Kier alpha value is -2.63. The van der Waals surface area contributed by atoms with Crippen LogP contribution in [0.1, 0.15) is 5.82 Å². The molecule has 3 aromatic rings. The van der Waals surface area contributed by atoms with Crippen molar-refractivity contribution in [1.29, 1.82) is 0 Å². The number of hydrogen-bond donors (Lipinski definition) is 1. The molecule has 0 spiro atoms. The standard InChI is InChI=1S/C12H11N5O/c13-9-2-1-3-10(6-9)18-8-12-16-15-11-7-14-4-5-17(11)12/h1-7H,8,13H2. The van der Waals surface area contributed by atoms with Crippen molar-refractivity contribution in [3.05, 3.63) is 48.7 Å². The summed E-state index contributed by atoms with van der Waals surface area (Å²) in [5.74, 6) is 1.43. The molecular weight excluding hydrogens is 230 g/mol. The van der Waals surface area contributed by atoms with Gasteiger partial charge in [-0.15, -0.1) is 10.2 Å². The molecule has 18 heavy (non-hydrogen) atoms. The van der Waals surface area contributed by atoms with E-state index in [2.05, 4.69) is 15.2 Å². The molecule has 0 aliphatic carbocycles. The van der Waals surface area contributed by atoms with Crippen molar-refractivity contribution in [1.82, 2.24) is 19.6 Å². The number of ether oxygens (including phenoxy) is 1. The molecule has 0 unspecified atom stereocenters. The van der Waals surface area contributed by atoms with Crippen LogP contribution in [-0.4, -0.2) is 19.6 Å². The summed E-state index contributed by atoms with van der Waals surface area (Å²) in [6, 6.07) is 7.27. The Balaban J connectivity index is 1.81. The van der Waals surface area contributed by atoms with Crippen molar-refractivity contribution in [3.63, 3.8) is 0 Å². The number of anilines is 1. The summed E-state index contributed by atoms with van der Waals surface area (Å²) in [6.07, 6.45) is 5.13. The van der Waals surface area contributed by atoms with Crippen LogP contribution in [0.2, 0.25) is 0 Å². The molecule has 6 nitrogen and oxygen atoms in total. The van der Waals surface area contributed by atoms with Gasteiger partial charge in [-0.25, -0.2) is 0 Å². The van der Waals surface area contributed by atoms with Gasteiger partial charge in [0.25, 0.3) is 0 Å². The number of nitrogens with zero attached hydrogens (tertiary/aromatic N) is 4. The molecule has 0 amide bonds. The van der Waals surface area contributed by atoms with E-state index in [-0.39, 0.29) is 0 Å². The second-order valence-corrected chi connectivity index (χ2v) is 3.78. The molecule has 0 saturated heterocycles. The molecule has 3 rings (SSSR count). The molecule has 6 heteroatoms. The maximum absolute atomic E-state index is 5.68. The summed E-state index contributed by atoms with van der Waals surface area (Å²) in [6.45, 7) is 0.328. The van der Waals surface area contributed by atoms with Gasteiger partial charge in [-0.1, -0.05) is 6.07 Å². The normalized spacial score (nSPS) is 10.7. The van der Waals surface area contributed by atoms with E-state index in [0.29, 0.717) is 23.7 Å². The van der Waals surface area contributed by atoms with Gasteiger partial charge in [-0.3, -0.25) is 9.38 Å². The highest BCUT2D eigenvalue weighted by Gasteiger charge is 2.05. The van der Waals surface area contributed by atoms with Gasteiger partial charge in [0.05, 0.1) is 6.20 Å². The fraction of sp³-hybridized carbons (Fsp3) is 0.0833. The third-order valence-corrected chi connectivity index (χ3v) is 2.51. The van der Waals surface area contributed by atoms with E-state index in [1.165, 1.54) is 0 Å². The van der Waals surface area contributed by atoms with Crippen molar-refractivity contribution in [3.8, 4) is 5.75 Å². The first-order chi connectivity index (χ1) is 8.83. The topological polar surface area (TPSA) is 78.3 Å². The Morgan fingerprint density at radius 2 is 2.22 bits per heavy atom. The maximum Gasteiger partial charge on any atom is 0.179 e. The van der Waals surface area contributed by atoms with Crippen LogP contribution in [0, 0.1) is 0 Å². The summed E-state index contributed by atoms with van der Waals surface area (Å²) < 4.78 is 7.45. The summed E-state index contributed by atoms with van der Waals surface area (Å²) in [4.78, 5) is 3.98. The van der Waals surface area contributed by atoms with Crippen LogP contribution in [0.5, 0.6) is 5.75 Å². The van der Waals surface area contributed by atoms with E-state index >= 15 is 0 Å². The Morgan fingerprint density at radius 3 is 3.11 bits per heavy atom. The van der Waals surface area contributed by atoms with Crippen molar-refractivity contribution in [2.45, 2.75) is 6.61 Å². The fourth-order valence-electron chi connectivity index (χ4n) is 1.65. The number of nitrogen functional groups attached to an aromatic ring is 1. The first-order valence-corrected chi connectivity index (χ1v) is 5.45. The van der Waals surface area contributed by atoms with Crippen molar-refractivity contribution in [2.75, 3.05) is 5.73 Å². The quantitative estimate of drug-likeness (QED) is 0.699. The van der Waals surface area contributed by atoms with Crippen LogP contribution >= 0.6 is 0 Å². The molecule has 0 saturated carbocycles. The Kier molecular flexibility index (Phi) is 2.53. The SMILES string of the molecule is Nc1cccc(OCc2nnc3cnccn23)c1. The number of hydrogen-bond acceptors (Lipinski definition) is 5. The van der Waals surface area contributed by atoms with Crippen molar-refractivity contribution < 1.29 is 4.74 Å². The molecule has 0 bridgehead atoms. The van der Waals surface area contributed by atoms with Gasteiger partial charge < -0.3 is 10.5 Å². The zero-order valence-corrected chi connectivity index (χ0v) is 9.52. The van der Waals surface area contributed by atoms with Crippen LogP contribution in [0.15, 0.2) is 42.9 Å². The van der Waals surface area contributed by atoms with Crippen LogP contribution < -0.4 is 10.5 Å². The number of rotatable bonds is 3. The van der Waals surface area contributed by atoms with E-state index in [4.69, 9.17) is 10.5 Å². The van der Waals surface area contributed by atoms with Gasteiger partial charge in [0, 0.05) is 24.1 Å². The predicted octanol–water partition coefficient (Wildman–Crippen LogP) is 1.29. The lowest BCUT2D eigenvalue weighted by Gasteiger charge is -2.05. The Morgan fingerprint density at radius 1 is 1.28 bits per heavy atom. The highest BCUT2D eigenvalue weighted by Crippen LogP contribution is 2.15. The zero-order valence-electron chi connectivity index (χ0n) is 9.52. The Labute approximate surface area is 103 Å². The molecule has 90 valence electrons. The number of aromatic nitrogens is 4. The van der Waals surface area contributed by atoms with Gasteiger partial charge in [0.1, 0.15) is 12.4 Å². The lowest BCUT2D eigenvalue weighted by molar-refractivity contribution is 0.294. The highest BCUT2D eigenvalue weighted by atomic mass is 16.5. The molecule has 1 aromatic carbocycles. The first kappa shape index (κ1) is 10.5. The third kappa shape index (κ3) is 1.95. The molecule has 2 heterocycles. The van der Waals surface area contributed by atoms with Gasteiger partial charge in [-0.2, -0.15) is 0 Å². The minimum Gasteiger partial charge on any atom is -0.486 e. The van der Waals surface area contributed by atoms with Crippen LogP contribution in [0.3, 0.4) is 0 Å². The third-order valence-electron chi connectivity index (χ3n) is 2.51. The molecule has 2 N–H and O–H groups in total. The lowest BCUT2D eigenvalue weighted by atomic mass is 10.3. The van der Waals surface area contributed by atoms with Crippen molar-refractivity contribution >= 4 is 11.3 Å². The van der Waals surface area contributed by atoms with E-state index in [0.717, 1.165) is 5.82 Å². The Bertz CT molecular complexity index is 679. The largest absolute Gasteiger partial charge is 0.486 e. The van der Waals surface area contributed by atoms with E-state index in [1.807, 2.05) is 22.6 Å². The van der Waals surface area contributed by atoms with E-state index in [1.54, 1.807) is 24.7 Å². The van der Waals surface area contributed by atoms with Gasteiger partial charge in [0.2, 0.25) is 0 Å². The molecule has 2 aromatic heterocycles. The molecule has 0 radical (unpaired) electrons.